The molecule has 1 amide bonds. The fraction of sp³-hybridized carbons (Fsp3) is 0.571. The van der Waals surface area contributed by atoms with Crippen molar-refractivity contribution >= 4 is 16.1 Å². The second-order valence-corrected chi connectivity index (χ2v) is 4.55. The van der Waals surface area contributed by atoms with Crippen molar-refractivity contribution in [3.63, 3.8) is 0 Å². The Hall–Kier alpha value is -1.08. The monoisotopic (exact) mass is 222 g/mol. The van der Waals surface area contributed by atoms with Crippen LogP contribution < -0.4 is 10.9 Å². The highest BCUT2D eigenvalue weighted by Gasteiger charge is 2.21. The van der Waals surface area contributed by atoms with E-state index in [1.54, 1.807) is 6.08 Å². The summed E-state index contributed by atoms with van der Waals surface area (Å²) in [6.45, 7) is 3.12. The van der Waals surface area contributed by atoms with Crippen molar-refractivity contribution in [2.45, 2.75) is 18.1 Å². The van der Waals surface area contributed by atoms with Gasteiger partial charge in [-0.2, -0.15) is 0 Å². The average molecular weight is 222 g/mol. The summed E-state index contributed by atoms with van der Waals surface area (Å²) in [5.41, 5.74) is 4.70. The zero-order chi connectivity index (χ0) is 11.2. The van der Waals surface area contributed by atoms with E-state index in [0.29, 0.717) is 6.42 Å². The lowest BCUT2D eigenvalue weighted by molar-refractivity contribution is 0.155. The SMILES string of the molecule is C=CCC[C@@H](COC(N)=O)S(N)(=O)=O. The van der Waals surface area contributed by atoms with Gasteiger partial charge in [0.15, 0.2) is 0 Å². The molecule has 0 rings (SSSR count). The lowest BCUT2D eigenvalue weighted by atomic mass is 10.2. The summed E-state index contributed by atoms with van der Waals surface area (Å²) >= 11 is 0. The fourth-order valence-corrected chi connectivity index (χ4v) is 1.54. The van der Waals surface area contributed by atoms with Crippen molar-refractivity contribution in [1.29, 1.82) is 0 Å². The number of nitrogens with two attached hydrogens (primary N) is 2. The van der Waals surface area contributed by atoms with E-state index in [0.717, 1.165) is 0 Å². The smallest absolute Gasteiger partial charge is 0.404 e. The zero-order valence-corrected chi connectivity index (χ0v) is 8.50. The second kappa shape index (κ2) is 5.61. The maximum Gasteiger partial charge on any atom is 0.404 e. The topological polar surface area (TPSA) is 112 Å². The van der Waals surface area contributed by atoms with Gasteiger partial charge >= 0.3 is 6.09 Å². The first-order valence-corrected chi connectivity index (χ1v) is 5.53. The summed E-state index contributed by atoms with van der Waals surface area (Å²) in [6.07, 6.45) is 1.28. The third kappa shape index (κ3) is 5.55. The Morgan fingerprint density at radius 2 is 2.14 bits per heavy atom. The molecule has 82 valence electrons. The van der Waals surface area contributed by atoms with Crippen molar-refractivity contribution in [3.05, 3.63) is 12.7 Å². The molecule has 0 aromatic heterocycles. The van der Waals surface area contributed by atoms with Crippen LogP contribution >= 0.6 is 0 Å². The molecule has 0 radical (unpaired) electrons. The first-order valence-electron chi connectivity index (χ1n) is 3.92. The van der Waals surface area contributed by atoms with Crippen LogP contribution in [-0.2, 0) is 14.8 Å². The Kier molecular flexibility index (Phi) is 5.18. The van der Waals surface area contributed by atoms with Gasteiger partial charge in [0, 0.05) is 0 Å². The summed E-state index contributed by atoms with van der Waals surface area (Å²) < 4.78 is 26.3. The van der Waals surface area contributed by atoms with E-state index >= 15 is 0 Å². The largest absolute Gasteiger partial charge is 0.448 e. The summed E-state index contributed by atoms with van der Waals surface area (Å²) in [7, 11) is -3.71. The zero-order valence-electron chi connectivity index (χ0n) is 7.68. The van der Waals surface area contributed by atoms with Gasteiger partial charge in [-0.3, -0.25) is 0 Å². The molecule has 7 heteroatoms. The van der Waals surface area contributed by atoms with Gasteiger partial charge in [-0.1, -0.05) is 6.08 Å². The minimum atomic E-state index is -3.71. The van der Waals surface area contributed by atoms with Crippen LogP contribution in [0.1, 0.15) is 12.8 Å². The van der Waals surface area contributed by atoms with Gasteiger partial charge in [0.05, 0.1) is 0 Å². The molecule has 0 aromatic carbocycles. The Bertz CT molecular complexity index is 299. The third-order valence-electron chi connectivity index (χ3n) is 1.57. The van der Waals surface area contributed by atoms with Gasteiger partial charge in [-0.25, -0.2) is 18.4 Å². The van der Waals surface area contributed by atoms with E-state index in [4.69, 9.17) is 10.9 Å². The first kappa shape index (κ1) is 12.9. The molecule has 6 nitrogen and oxygen atoms in total. The Balaban J connectivity index is 4.26. The number of allylic oxidation sites excluding steroid dienone is 1. The van der Waals surface area contributed by atoms with Crippen LogP contribution in [-0.4, -0.2) is 26.4 Å². The quantitative estimate of drug-likeness (QED) is 0.601. The average Bonchev–Trinajstić information content (AvgIpc) is 2.01. The number of primary sulfonamides is 1. The van der Waals surface area contributed by atoms with Gasteiger partial charge in [-0.15, -0.1) is 6.58 Å². The maximum atomic E-state index is 11.0. The minimum Gasteiger partial charge on any atom is -0.448 e. The normalized spacial score (nSPS) is 13.2. The first-order chi connectivity index (χ1) is 6.38. The molecular formula is C7H14N2O4S. The summed E-state index contributed by atoms with van der Waals surface area (Å²) in [6, 6.07) is 0. The molecule has 0 aliphatic heterocycles. The number of carbonyl (C=O) groups is 1. The minimum absolute atomic E-state index is 0.260. The maximum absolute atomic E-state index is 11.0. The predicted molar refractivity (Wildman–Crippen MR) is 51.9 cm³/mol. The highest BCUT2D eigenvalue weighted by molar-refractivity contribution is 7.89. The Morgan fingerprint density at radius 1 is 1.57 bits per heavy atom. The molecular weight excluding hydrogens is 208 g/mol. The number of primary amides is 1. The van der Waals surface area contributed by atoms with Crippen molar-refractivity contribution in [1.82, 2.24) is 0 Å². The van der Waals surface area contributed by atoms with Gasteiger partial charge in [0.1, 0.15) is 11.9 Å². The number of hydrogen-bond acceptors (Lipinski definition) is 4. The van der Waals surface area contributed by atoms with Crippen LogP contribution in [0.3, 0.4) is 0 Å². The lowest BCUT2D eigenvalue weighted by Crippen LogP contribution is -2.34. The van der Waals surface area contributed by atoms with E-state index in [1.807, 2.05) is 0 Å². The van der Waals surface area contributed by atoms with Crippen molar-refractivity contribution in [2.75, 3.05) is 6.61 Å². The van der Waals surface area contributed by atoms with Gasteiger partial charge in [-0.05, 0) is 12.8 Å². The van der Waals surface area contributed by atoms with Crippen LogP contribution in [0.15, 0.2) is 12.7 Å². The van der Waals surface area contributed by atoms with Crippen molar-refractivity contribution < 1.29 is 17.9 Å². The molecule has 0 bridgehead atoms. The fourth-order valence-electron chi connectivity index (χ4n) is 0.821. The molecule has 0 fully saturated rings. The Morgan fingerprint density at radius 3 is 2.50 bits per heavy atom. The molecule has 4 N–H and O–H groups in total. The van der Waals surface area contributed by atoms with Crippen LogP contribution in [0.4, 0.5) is 4.79 Å². The van der Waals surface area contributed by atoms with Crippen LogP contribution in [0, 0.1) is 0 Å². The van der Waals surface area contributed by atoms with Crippen LogP contribution in [0.2, 0.25) is 0 Å². The molecule has 14 heavy (non-hydrogen) atoms. The molecule has 0 aromatic rings. The van der Waals surface area contributed by atoms with E-state index in [9.17, 15) is 13.2 Å². The lowest BCUT2D eigenvalue weighted by Gasteiger charge is -2.12. The number of rotatable bonds is 6. The molecule has 1 atom stereocenters. The van der Waals surface area contributed by atoms with Crippen molar-refractivity contribution in [3.8, 4) is 0 Å². The third-order valence-corrected chi connectivity index (χ3v) is 2.87. The number of sulfonamides is 1. The van der Waals surface area contributed by atoms with Gasteiger partial charge < -0.3 is 10.5 Å². The standard InChI is InChI=1S/C7H14N2O4S/c1-2-3-4-6(14(9,11)12)5-13-7(8)10/h2,6H,1,3-5H2,(H2,8,10)(H2,9,11,12)/t6-/m0/s1. The van der Waals surface area contributed by atoms with Gasteiger partial charge in [0.25, 0.3) is 0 Å². The molecule has 0 aliphatic rings. The highest BCUT2D eigenvalue weighted by Crippen LogP contribution is 2.06. The molecule has 0 heterocycles. The molecule has 0 unspecified atom stereocenters. The molecule has 0 aliphatic carbocycles. The molecule has 0 saturated carbocycles. The summed E-state index contributed by atoms with van der Waals surface area (Å²) in [4.78, 5) is 10.2. The summed E-state index contributed by atoms with van der Waals surface area (Å²) in [5.74, 6) is 0. The van der Waals surface area contributed by atoms with E-state index in [2.05, 4.69) is 11.3 Å². The predicted octanol–water partition coefficient (Wildman–Crippen LogP) is -0.295. The summed E-state index contributed by atoms with van der Waals surface area (Å²) in [5, 5.41) is 3.99. The highest BCUT2D eigenvalue weighted by atomic mass is 32.2. The van der Waals surface area contributed by atoms with Crippen molar-refractivity contribution in [2.24, 2.45) is 10.9 Å². The molecule has 0 saturated heterocycles. The number of carbonyl (C=O) groups excluding carboxylic acids is 1. The Labute approximate surface area is 83.0 Å². The van der Waals surface area contributed by atoms with Gasteiger partial charge in [0.2, 0.25) is 10.0 Å². The van der Waals surface area contributed by atoms with E-state index in [-0.39, 0.29) is 13.0 Å². The number of amides is 1. The van der Waals surface area contributed by atoms with Crippen LogP contribution in [0.5, 0.6) is 0 Å². The van der Waals surface area contributed by atoms with E-state index in [1.165, 1.54) is 0 Å². The second-order valence-electron chi connectivity index (χ2n) is 2.71. The molecule has 0 spiro atoms. The van der Waals surface area contributed by atoms with Crippen LogP contribution in [0.25, 0.3) is 0 Å². The van der Waals surface area contributed by atoms with E-state index < -0.39 is 21.4 Å². The number of ether oxygens (including phenoxy) is 1. The number of hydrogen-bond donors (Lipinski definition) is 2.